The van der Waals surface area contributed by atoms with Gasteiger partial charge in [-0.25, -0.2) is 8.42 Å². The summed E-state index contributed by atoms with van der Waals surface area (Å²) in [6.45, 7) is 5.76. The molecule has 0 radical (unpaired) electrons. The summed E-state index contributed by atoms with van der Waals surface area (Å²) < 4.78 is 37.5. The van der Waals surface area contributed by atoms with Crippen molar-refractivity contribution in [3.63, 3.8) is 0 Å². The van der Waals surface area contributed by atoms with E-state index < -0.39 is 10.0 Å². The Hall–Kier alpha value is -2.42. The average molecular weight is 419 g/mol. The van der Waals surface area contributed by atoms with Crippen molar-refractivity contribution in [3.05, 3.63) is 59.7 Å². The molecule has 1 saturated heterocycles. The molecule has 8 heteroatoms. The van der Waals surface area contributed by atoms with Gasteiger partial charge in [-0.15, -0.1) is 0 Å². The maximum Gasteiger partial charge on any atom is 0.251 e. The van der Waals surface area contributed by atoms with Crippen molar-refractivity contribution in [2.45, 2.75) is 31.4 Å². The first-order valence-corrected chi connectivity index (χ1v) is 11.0. The van der Waals surface area contributed by atoms with E-state index in [0.717, 1.165) is 11.3 Å². The zero-order valence-electron chi connectivity index (χ0n) is 16.6. The molecule has 0 unspecified atom stereocenters. The van der Waals surface area contributed by atoms with Gasteiger partial charge in [0.25, 0.3) is 5.91 Å². The van der Waals surface area contributed by atoms with E-state index in [0.29, 0.717) is 38.4 Å². The van der Waals surface area contributed by atoms with Gasteiger partial charge in [-0.3, -0.25) is 4.79 Å². The molecule has 3 rings (SSSR count). The molecule has 1 N–H and O–H groups in total. The second-order valence-electron chi connectivity index (χ2n) is 7.03. The van der Waals surface area contributed by atoms with E-state index in [4.69, 9.17) is 9.47 Å². The maximum absolute atomic E-state index is 12.6. The lowest BCUT2D eigenvalue weighted by molar-refractivity contribution is 0.0730. The Morgan fingerprint density at radius 3 is 2.28 bits per heavy atom. The van der Waals surface area contributed by atoms with Crippen LogP contribution < -0.4 is 10.1 Å². The summed E-state index contributed by atoms with van der Waals surface area (Å²) in [6.07, 6.45) is 0.107. The van der Waals surface area contributed by atoms with Crippen LogP contribution in [0.25, 0.3) is 0 Å². The van der Waals surface area contributed by atoms with Crippen molar-refractivity contribution in [1.29, 1.82) is 0 Å². The Balaban J connectivity index is 1.59. The molecule has 0 saturated carbocycles. The van der Waals surface area contributed by atoms with Crippen LogP contribution in [0.1, 0.15) is 29.8 Å². The van der Waals surface area contributed by atoms with Crippen LogP contribution in [0.15, 0.2) is 53.4 Å². The lowest BCUT2D eigenvalue weighted by Gasteiger charge is -2.26. The highest BCUT2D eigenvalue weighted by molar-refractivity contribution is 7.89. The van der Waals surface area contributed by atoms with Crippen molar-refractivity contribution >= 4 is 15.9 Å². The highest BCUT2D eigenvalue weighted by Crippen LogP contribution is 2.18. The van der Waals surface area contributed by atoms with Crippen LogP contribution in [-0.4, -0.2) is 51.0 Å². The predicted molar refractivity (Wildman–Crippen MR) is 109 cm³/mol. The number of carbonyl (C=O) groups is 1. The number of amides is 1. The van der Waals surface area contributed by atoms with Crippen molar-refractivity contribution in [3.8, 4) is 5.75 Å². The number of benzene rings is 2. The third-order valence-corrected chi connectivity index (χ3v) is 6.39. The van der Waals surface area contributed by atoms with Gasteiger partial charge >= 0.3 is 0 Å². The standard InChI is InChI=1S/C21H26N2O5S/c1-16(2)28-19-7-3-17(4-8-19)15-22-21(24)18-5-9-20(10-6-18)29(25,26)23-11-13-27-14-12-23/h3-10,16H,11-15H2,1-2H3,(H,22,24). The molecule has 0 aromatic heterocycles. The smallest absolute Gasteiger partial charge is 0.251 e. The molecule has 1 aliphatic heterocycles. The van der Waals surface area contributed by atoms with E-state index >= 15 is 0 Å². The topological polar surface area (TPSA) is 84.9 Å². The number of carbonyl (C=O) groups excluding carboxylic acids is 1. The molecule has 1 fully saturated rings. The van der Waals surface area contributed by atoms with Gasteiger partial charge in [0.2, 0.25) is 10.0 Å². The molecule has 2 aromatic rings. The number of hydrogen-bond donors (Lipinski definition) is 1. The fourth-order valence-electron chi connectivity index (χ4n) is 2.96. The lowest BCUT2D eigenvalue weighted by atomic mass is 10.2. The molecule has 0 bridgehead atoms. The molecule has 2 aromatic carbocycles. The Bertz CT molecular complexity index is 919. The van der Waals surface area contributed by atoms with E-state index in [9.17, 15) is 13.2 Å². The van der Waals surface area contributed by atoms with Gasteiger partial charge in [0.05, 0.1) is 24.2 Å². The molecule has 1 heterocycles. The van der Waals surface area contributed by atoms with Crippen molar-refractivity contribution in [1.82, 2.24) is 9.62 Å². The van der Waals surface area contributed by atoms with Gasteiger partial charge in [-0.05, 0) is 55.8 Å². The van der Waals surface area contributed by atoms with E-state index in [1.54, 1.807) is 0 Å². The summed E-state index contributed by atoms with van der Waals surface area (Å²) in [7, 11) is -3.56. The summed E-state index contributed by atoms with van der Waals surface area (Å²) >= 11 is 0. The van der Waals surface area contributed by atoms with E-state index in [-0.39, 0.29) is 16.9 Å². The monoisotopic (exact) mass is 418 g/mol. The number of nitrogens with zero attached hydrogens (tertiary/aromatic N) is 1. The number of rotatable bonds is 7. The van der Waals surface area contributed by atoms with E-state index in [1.807, 2.05) is 38.1 Å². The Kier molecular flexibility index (Phi) is 6.89. The molecule has 1 amide bonds. The fraction of sp³-hybridized carbons (Fsp3) is 0.381. The van der Waals surface area contributed by atoms with Gasteiger partial charge in [0, 0.05) is 25.2 Å². The fourth-order valence-corrected chi connectivity index (χ4v) is 4.36. The summed E-state index contributed by atoms with van der Waals surface area (Å²) in [4.78, 5) is 12.6. The minimum atomic E-state index is -3.56. The largest absolute Gasteiger partial charge is 0.491 e. The quantitative estimate of drug-likeness (QED) is 0.747. The third-order valence-electron chi connectivity index (χ3n) is 4.47. The molecule has 0 atom stereocenters. The van der Waals surface area contributed by atoms with Crippen LogP contribution in [0.2, 0.25) is 0 Å². The predicted octanol–water partition coefficient (Wildman–Crippen LogP) is 2.42. The SMILES string of the molecule is CC(C)Oc1ccc(CNC(=O)c2ccc(S(=O)(=O)N3CCOCC3)cc2)cc1. The Labute approximate surface area is 171 Å². The second-order valence-corrected chi connectivity index (χ2v) is 8.97. The number of hydrogen-bond acceptors (Lipinski definition) is 5. The normalized spacial score (nSPS) is 15.3. The van der Waals surface area contributed by atoms with Crippen LogP contribution in [0.5, 0.6) is 5.75 Å². The third kappa shape index (κ3) is 5.56. The van der Waals surface area contributed by atoms with Gasteiger partial charge in [-0.2, -0.15) is 4.31 Å². The number of sulfonamides is 1. The molecule has 156 valence electrons. The van der Waals surface area contributed by atoms with Crippen molar-refractivity contribution < 1.29 is 22.7 Å². The van der Waals surface area contributed by atoms with Gasteiger partial charge in [-0.1, -0.05) is 12.1 Å². The van der Waals surface area contributed by atoms with Crippen LogP contribution in [0.4, 0.5) is 0 Å². The molecule has 29 heavy (non-hydrogen) atoms. The van der Waals surface area contributed by atoms with Crippen LogP contribution in [-0.2, 0) is 21.3 Å². The average Bonchev–Trinajstić information content (AvgIpc) is 2.73. The number of morpholine rings is 1. The highest BCUT2D eigenvalue weighted by atomic mass is 32.2. The van der Waals surface area contributed by atoms with Gasteiger partial charge in [0.1, 0.15) is 5.75 Å². The summed E-state index contributed by atoms with van der Waals surface area (Å²) in [6, 6.07) is 13.5. The minimum absolute atomic E-state index is 0.107. The minimum Gasteiger partial charge on any atom is -0.491 e. The van der Waals surface area contributed by atoms with Crippen molar-refractivity contribution in [2.75, 3.05) is 26.3 Å². The molecule has 0 spiro atoms. The second kappa shape index (κ2) is 9.39. The lowest BCUT2D eigenvalue weighted by Crippen LogP contribution is -2.40. The Morgan fingerprint density at radius 1 is 1.07 bits per heavy atom. The van der Waals surface area contributed by atoms with Crippen LogP contribution in [0.3, 0.4) is 0 Å². The molecular formula is C21H26N2O5S. The summed E-state index contributed by atoms with van der Waals surface area (Å²) in [5.74, 6) is 0.523. The van der Waals surface area contributed by atoms with Gasteiger partial charge < -0.3 is 14.8 Å². The first kappa shape index (κ1) is 21.3. The maximum atomic E-state index is 12.6. The summed E-state index contributed by atoms with van der Waals surface area (Å²) in [5, 5.41) is 2.84. The zero-order valence-corrected chi connectivity index (χ0v) is 17.4. The molecule has 7 nitrogen and oxygen atoms in total. The molecule has 1 aliphatic rings. The zero-order chi connectivity index (χ0) is 20.9. The summed E-state index contributed by atoms with van der Waals surface area (Å²) in [5.41, 5.74) is 1.35. The molecular weight excluding hydrogens is 392 g/mol. The highest BCUT2D eigenvalue weighted by Gasteiger charge is 2.26. The number of nitrogens with one attached hydrogen (secondary N) is 1. The van der Waals surface area contributed by atoms with Crippen LogP contribution in [0, 0.1) is 0 Å². The van der Waals surface area contributed by atoms with Gasteiger partial charge in [0.15, 0.2) is 0 Å². The number of ether oxygens (including phenoxy) is 2. The Morgan fingerprint density at radius 2 is 1.69 bits per heavy atom. The van der Waals surface area contributed by atoms with E-state index in [1.165, 1.54) is 28.6 Å². The first-order chi connectivity index (χ1) is 13.9. The van der Waals surface area contributed by atoms with Crippen LogP contribution >= 0.6 is 0 Å². The van der Waals surface area contributed by atoms with Crippen molar-refractivity contribution in [2.24, 2.45) is 0 Å². The molecule has 0 aliphatic carbocycles. The first-order valence-electron chi connectivity index (χ1n) is 9.58. The van der Waals surface area contributed by atoms with E-state index in [2.05, 4.69) is 5.32 Å².